The largest absolute Gasteiger partial charge is 0.378 e. The molecule has 1 fully saturated rings. The van der Waals surface area contributed by atoms with E-state index in [1.165, 1.54) is 0 Å². The zero-order chi connectivity index (χ0) is 16.2. The smallest absolute Gasteiger partial charge is 0.259 e. The van der Waals surface area contributed by atoms with Crippen LogP contribution in [0.3, 0.4) is 0 Å². The van der Waals surface area contributed by atoms with E-state index in [0.717, 1.165) is 24.3 Å². The van der Waals surface area contributed by atoms with E-state index in [2.05, 4.69) is 20.2 Å². The SMILES string of the molecule is Cc1ccccc1NC(=O)c1cnc(N2CCOCC2)nc1C. The van der Waals surface area contributed by atoms with E-state index in [9.17, 15) is 4.79 Å². The summed E-state index contributed by atoms with van der Waals surface area (Å²) in [5.41, 5.74) is 2.98. The van der Waals surface area contributed by atoms with Crippen LogP contribution in [0, 0.1) is 13.8 Å². The van der Waals surface area contributed by atoms with Crippen molar-refractivity contribution in [2.75, 3.05) is 36.5 Å². The normalized spacial score (nSPS) is 14.6. The van der Waals surface area contributed by atoms with Gasteiger partial charge < -0.3 is 15.0 Å². The number of aryl methyl sites for hydroxylation is 2. The van der Waals surface area contributed by atoms with Gasteiger partial charge in [0.05, 0.1) is 24.5 Å². The summed E-state index contributed by atoms with van der Waals surface area (Å²) in [5.74, 6) is 0.462. The molecule has 1 aliphatic rings. The average molecular weight is 312 g/mol. The van der Waals surface area contributed by atoms with Gasteiger partial charge in [-0.3, -0.25) is 4.79 Å². The molecule has 1 N–H and O–H groups in total. The Labute approximate surface area is 135 Å². The molecule has 0 aliphatic carbocycles. The molecule has 0 saturated carbocycles. The monoisotopic (exact) mass is 312 g/mol. The highest BCUT2D eigenvalue weighted by Gasteiger charge is 2.17. The van der Waals surface area contributed by atoms with Crippen molar-refractivity contribution in [1.29, 1.82) is 0 Å². The minimum Gasteiger partial charge on any atom is -0.378 e. The second kappa shape index (κ2) is 6.75. The molecule has 0 radical (unpaired) electrons. The van der Waals surface area contributed by atoms with Crippen LogP contribution >= 0.6 is 0 Å². The maximum atomic E-state index is 12.4. The molecule has 1 aromatic heterocycles. The molecule has 0 bridgehead atoms. The van der Waals surface area contributed by atoms with E-state index in [4.69, 9.17) is 4.74 Å². The van der Waals surface area contributed by atoms with Crippen molar-refractivity contribution in [3.63, 3.8) is 0 Å². The minimum atomic E-state index is -0.190. The molecular formula is C17H20N4O2. The number of aromatic nitrogens is 2. The number of ether oxygens (including phenoxy) is 1. The number of amides is 1. The second-order valence-electron chi connectivity index (χ2n) is 5.54. The van der Waals surface area contributed by atoms with Crippen LogP contribution in [0.4, 0.5) is 11.6 Å². The number of para-hydroxylation sites is 1. The first kappa shape index (κ1) is 15.4. The minimum absolute atomic E-state index is 0.190. The van der Waals surface area contributed by atoms with Crippen molar-refractivity contribution in [2.24, 2.45) is 0 Å². The van der Waals surface area contributed by atoms with Gasteiger partial charge in [-0.1, -0.05) is 18.2 Å². The van der Waals surface area contributed by atoms with Crippen molar-refractivity contribution in [2.45, 2.75) is 13.8 Å². The Hall–Kier alpha value is -2.47. The van der Waals surface area contributed by atoms with Gasteiger partial charge in [0.2, 0.25) is 5.95 Å². The lowest BCUT2D eigenvalue weighted by Gasteiger charge is -2.27. The molecule has 120 valence electrons. The van der Waals surface area contributed by atoms with Gasteiger partial charge in [-0.15, -0.1) is 0 Å². The molecule has 0 atom stereocenters. The van der Waals surface area contributed by atoms with E-state index in [-0.39, 0.29) is 5.91 Å². The first-order chi connectivity index (χ1) is 11.1. The van der Waals surface area contributed by atoms with Crippen LogP contribution in [0.5, 0.6) is 0 Å². The quantitative estimate of drug-likeness (QED) is 0.941. The van der Waals surface area contributed by atoms with Crippen LogP contribution in [0.25, 0.3) is 0 Å². The summed E-state index contributed by atoms with van der Waals surface area (Å²) >= 11 is 0. The summed E-state index contributed by atoms with van der Waals surface area (Å²) in [6, 6.07) is 7.68. The number of anilines is 2. The lowest BCUT2D eigenvalue weighted by atomic mass is 10.2. The topological polar surface area (TPSA) is 67.4 Å². The molecule has 1 amide bonds. The van der Waals surface area contributed by atoms with Crippen LogP contribution < -0.4 is 10.2 Å². The summed E-state index contributed by atoms with van der Waals surface area (Å²) in [5, 5.41) is 2.91. The predicted octanol–water partition coefficient (Wildman–Crippen LogP) is 2.18. The Bertz CT molecular complexity index is 711. The summed E-state index contributed by atoms with van der Waals surface area (Å²) in [6.07, 6.45) is 1.60. The molecule has 0 unspecified atom stereocenters. The zero-order valence-corrected chi connectivity index (χ0v) is 13.4. The number of hydrogen-bond acceptors (Lipinski definition) is 5. The van der Waals surface area contributed by atoms with E-state index in [1.54, 1.807) is 6.20 Å². The number of rotatable bonds is 3. The number of carbonyl (C=O) groups excluding carboxylic acids is 1. The summed E-state index contributed by atoms with van der Waals surface area (Å²) in [4.78, 5) is 23.3. The number of hydrogen-bond donors (Lipinski definition) is 1. The van der Waals surface area contributed by atoms with Crippen molar-refractivity contribution in [1.82, 2.24) is 9.97 Å². The Morgan fingerprint density at radius 1 is 1.22 bits per heavy atom. The van der Waals surface area contributed by atoms with Gasteiger partial charge in [0.25, 0.3) is 5.91 Å². The van der Waals surface area contributed by atoms with Crippen molar-refractivity contribution >= 4 is 17.5 Å². The van der Waals surface area contributed by atoms with Crippen molar-refractivity contribution in [3.05, 3.63) is 47.3 Å². The fourth-order valence-corrected chi connectivity index (χ4v) is 2.50. The van der Waals surface area contributed by atoms with Crippen molar-refractivity contribution < 1.29 is 9.53 Å². The first-order valence-electron chi connectivity index (χ1n) is 7.68. The fourth-order valence-electron chi connectivity index (χ4n) is 2.50. The summed E-state index contributed by atoms with van der Waals surface area (Å²) < 4.78 is 5.33. The van der Waals surface area contributed by atoms with Gasteiger partial charge in [-0.2, -0.15) is 0 Å². The number of carbonyl (C=O) groups is 1. The lowest BCUT2D eigenvalue weighted by molar-refractivity contribution is 0.102. The highest BCUT2D eigenvalue weighted by Crippen LogP contribution is 2.17. The third-order valence-corrected chi connectivity index (χ3v) is 3.90. The van der Waals surface area contributed by atoms with Crippen LogP contribution in [0.1, 0.15) is 21.6 Å². The maximum absolute atomic E-state index is 12.4. The van der Waals surface area contributed by atoms with Gasteiger partial charge in [-0.05, 0) is 25.5 Å². The number of nitrogens with zero attached hydrogens (tertiary/aromatic N) is 3. The molecule has 2 heterocycles. The number of nitrogens with one attached hydrogen (secondary N) is 1. The third-order valence-electron chi connectivity index (χ3n) is 3.90. The second-order valence-corrected chi connectivity index (χ2v) is 5.54. The standard InChI is InChI=1S/C17H20N4O2/c1-12-5-3-4-6-15(12)20-16(22)14-11-18-17(19-13(14)2)21-7-9-23-10-8-21/h3-6,11H,7-10H2,1-2H3,(H,20,22). The first-order valence-corrected chi connectivity index (χ1v) is 7.68. The lowest BCUT2D eigenvalue weighted by Crippen LogP contribution is -2.37. The molecule has 0 spiro atoms. The molecule has 6 heteroatoms. The molecule has 3 rings (SSSR count). The van der Waals surface area contributed by atoms with Crippen LogP contribution in [-0.2, 0) is 4.74 Å². The Morgan fingerprint density at radius 3 is 2.65 bits per heavy atom. The summed E-state index contributed by atoms with van der Waals surface area (Å²) in [7, 11) is 0. The van der Waals surface area contributed by atoms with Gasteiger partial charge in [0.1, 0.15) is 0 Å². The van der Waals surface area contributed by atoms with Crippen LogP contribution in [-0.4, -0.2) is 42.2 Å². The Morgan fingerprint density at radius 2 is 1.96 bits per heavy atom. The molecule has 23 heavy (non-hydrogen) atoms. The molecule has 1 aliphatic heterocycles. The van der Waals surface area contributed by atoms with Crippen LogP contribution in [0.15, 0.2) is 30.5 Å². The fraction of sp³-hybridized carbons (Fsp3) is 0.353. The predicted molar refractivity (Wildman–Crippen MR) is 88.9 cm³/mol. The molecule has 2 aromatic rings. The van der Waals surface area contributed by atoms with E-state index >= 15 is 0 Å². The van der Waals surface area contributed by atoms with Crippen molar-refractivity contribution in [3.8, 4) is 0 Å². The third kappa shape index (κ3) is 3.48. The van der Waals surface area contributed by atoms with Gasteiger partial charge in [-0.25, -0.2) is 9.97 Å². The van der Waals surface area contributed by atoms with E-state index in [0.29, 0.717) is 30.4 Å². The number of benzene rings is 1. The average Bonchev–Trinajstić information content (AvgIpc) is 2.57. The van der Waals surface area contributed by atoms with Gasteiger partial charge >= 0.3 is 0 Å². The molecular weight excluding hydrogens is 292 g/mol. The Kier molecular flexibility index (Phi) is 4.52. The number of morpholine rings is 1. The molecule has 1 saturated heterocycles. The van der Waals surface area contributed by atoms with E-state index in [1.807, 2.05) is 38.1 Å². The van der Waals surface area contributed by atoms with Crippen LogP contribution in [0.2, 0.25) is 0 Å². The summed E-state index contributed by atoms with van der Waals surface area (Å²) in [6.45, 7) is 6.69. The molecule has 1 aromatic carbocycles. The highest BCUT2D eigenvalue weighted by atomic mass is 16.5. The molecule has 6 nitrogen and oxygen atoms in total. The van der Waals surface area contributed by atoms with Gasteiger partial charge in [0, 0.05) is 25.0 Å². The highest BCUT2D eigenvalue weighted by molar-refractivity contribution is 6.05. The van der Waals surface area contributed by atoms with Gasteiger partial charge in [0.15, 0.2) is 0 Å². The zero-order valence-electron chi connectivity index (χ0n) is 13.4. The van der Waals surface area contributed by atoms with E-state index < -0.39 is 0 Å². The maximum Gasteiger partial charge on any atom is 0.259 e. The Balaban J connectivity index is 1.77.